The fourth-order valence-electron chi connectivity index (χ4n) is 2.46. The SMILES string of the molecule is CCc1nc2c(OCCN3CCNCC3)cccc2s1. The third-order valence-electron chi connectivity index (χ3n) is 3.60. The van der Waals surface area contributed by atoms with E-state index >= 15 is 0 Å². The highest BCUT2D eigenvalue weighted by atomic mass is 32.1. The topological polar surface area (TPSA) is 37.4 Å². The summed E-state index contributed by atoms with van der Waals surface area (Å²) in [5.74, 6) is 0.925. The zero-order valence-electron chi connectivity index (χ0n) is 11.9. The van der Waals surface area contributed by atoms with Gasteiger partial charge in [0.05, 0.1) is 9.71 Å². The molecule has 1 N–H and O–H groups in total. The minimum absolute atomic E-state index is 0.734. The molecule has 0 aliphatic carbocycles. The minimum Gasteiger partial charge on any atom is -0.490 e. The number of thiazole rings is 1. The molecule has 108 valence electrons. The number of hydrogen-bond acceptors (Lipinski definition) is 5. The predicted molar refractivity (Wildman–Crippen MR) is 83.8 cm³/mol. The van der Waals surface area contributed by atoms with Crippen LogP contribution < -0.4 is 10.1 Å². The molecule has 1 aliphatic rings. The highest BCUT2D eigenvalue weighted by Crippen LogP contribution is 2.29. The Kier molecular flexibility index (Phi) is 4.50. The summed E-state index contributed by atoms with van der Waals surface area (Å²) in [7, 11) is 0. The lowest BCUT2D eigenvalue weighted by Crippen LogP contribution is -2.44. The fourth-order valence-corrected chi connectivity index (χ4v) is 3.38. The summed E-state index contributed by atoms with van der Waals surface area (Å²) in [6.45, 7) is 8.26. The number of benzene rings is 1. The predicted octanol–water partition coefficient (Wildman–Crippen LogP) is 2.14. The molecule has 4 nitrogen and oxygen atoms in total. The van der Waals surface area contributed by atoms with Crippen LogP contribution in [0.2, 0.25) is 0 Å². The highest BCUT2D eigenvalue weighted by Gasteiger charge is 2.11. The van der Waals surface area contributed by atoms with Gasteiger partial charge in [0.2, 0.25) is 0 Å². The van der Waals surface area contributed by atoms with E-state index in [0.29, 0.717) is 0 Å². The Balaban J connectivity index is 1.63. The van der Waals surface area contributed by atoms with Crippen molar-refractivity contribution in [2.45, 2.75) is 13.3 Å². The first-order valence-corrected chi connectivity index (χ1v) is 8.13. The van der Waals surface area contributed by atoms with Gasteiger partial charge in [-0.15, -0.1) is 11.3 Å². The Morgan fingerprint density at radius 2 is 2.20 bits per heavy atom. The number of nitrogens with one attached hydrogen (secondary N) is 1. The van der Waals surface area contributed by atoms with Crippen molar-refractivity contribution >= 4 is 21.6 Å². The molecule has 1 aromatic carbocycles. The zero-order valence-corrected chi connectivity index (χ0v) is 12.7. The number of aryl methyl sites for hydroxylation is 1. The van der Waals surface area contributed by atoms with Crippen LogP contribution in [0, 0.1) is 0 Å². The van der Waals surface area contributed by atoms with Crippen molar-refractivity contribution in [3.8, 4) is 5.75 Å². The van der Waals surface area contributed by atoms with Crippen molar-refractivity contribution in [2.75, 3.05) is 39.3 Å². The molecule has 5 heteroatoms. The molecule has 0 bridgehead atoms. The van der Waals surface area contributed by atoms with Gasteiger partial charge in [-0.2, -0.15) is 0 Å². The van der Waals surface area contributed by atoms with Crippen LogP contribution >= 0.6 is 11.3 Å². The number of fused-ring (bicyclic) bond motifs is 1. The van der Waals surface area contributed by atoms with Crippen LogP contribution in [0.5, 0.6) is 5.75 Å². The van der Waals surface area contributed by atoms with E-state index in [4.69, 9.17) is 4.74 Å². The van der Waals surface area contributed by atoms with Crippen LogP contribution in [0.3, 0.4) is 0 Å². The molecular weight excluding hydrogens is 270 g/mol. The van der Waals surface area contributed by atoms with Gasteiger partial charge in [-0.05, 0) is 18.6 Å². The summed E-state index contributed by atoms with van der Waals surface area (Å²) in [5.41, 5.74) is 1.02. The molecule has 1 aliphatic heterocycles. The van der Waals surface area contributed by atoms with Gasteiger partial charge >= 0.3 is 0 Å². The Morgan fingerprint density at radius 1 is 1.35 bits per heavy atom. The van der Waals surface area contributed by atoms with Gasteiger partial charge in [-0.25, -0.2) is 4.98 Å². The Hall–Kier alpha value is -1.17. The summed E-state index contributed by atoms with van der Waals surface area (Å²) >= 11 is 1.76. The van der Waals surface area contributed by atoms with E-state index in [1.165, 1.54) is 9.71 Å². The minimum atomic E-state index is 0.734. The van der Waals surface area contributed by atoms with Crippen LogP contribution in [0.4, 0.5) is 0 Å². The summed E-state index contributed by atoms with van der Waals surface area (Å²) in [5, 5.41) is 4.54. The number of rotatable bonds is 5. The van der Waals surface area contributed by atoms with Crippen molar-refractivity contribution in [2.24, 2.45) is 0 Å². The van der Waals surface area contributed by atoms with Crippen LogP contribution in [-0.4, -0.2) is 49.2 Å². The maximum absolute atomic E-state index is 5.96. The van der Waals surface area contributed by atoms with Crippen LogP contribution in [-0.2, 0) is 6.42 Å². The molecule has 20 heavy (non-hydrogen) atoms. The maximum atomic E-state index is 5.96. The van der Waals surface area contributed by atoms with Crippen molar-refractivity contribution < 1.29 is 4.74 Å². The molecule has 0 spiro atoms. The van der Waals surface area contributed by atoms with Crippen molar-refractivity contribution in [3.05, 3.63) is 23.2 Å². The summed E-state index contributed by atoms with van der Waals surface area (Å²) in [4.78, 5) is 7.11. The van der Waals surface area contributed by atoms with E-state index in [9.17, 15) is 0 Å². The van der Waals surface area contributed by atoms with E-state index < -0.39 is 0 Å². The summed E-state index contributed by atoms with van der Waals surface area (Å²) in [6.07, 6.45) is 0.986. The molecule has 0 radical (unpaired) electrons. The summed E-state index contributed by atoms with van der Waals surface area (Å²) in [6, 6.07) is 6.20. The van der Waals surface area contributed by atoms with Crippen molar-refractivity contribution in [1.82, 2.24) is 15.2 Å². The first-order chi connectivity index (χ1) is 9.86. The number of aromatic nitrogens is 1. The first-order valence-electron chi connectivity index (χ1n) is 7.31. The molecule has 1 fully saturated rings. The quantitative estimate of drug-likeness (QED) is 0.916. The third-order valence-corrected chi connectivity index (χ3v) is 4.77. The second-order valence-electron chi connectivity index (χ2n) is 5.00. The average molecular weight is 291 g/mol. The lowest BCUT2D eigenvalue weighted by molar-refractivity contribution is 0.192. The van der Waals surface area contributed by atoms with Gasteiger partial charge in [-0.3, -0.25) is 4.90 Å². The van der Waals surface area contributed by atoms with Crippen LogP contribution in [0.15, 0.2) is 18.2 Å². The lowest BCUT2D eigenvalue weighted by atomic mass is 10.3. The van der Waals surface area contributed by atoms with Gasteiger partial charge in [0.25, 0.3) is 0 Å². The zero-order chi connectivity index (χ0) is 13.8. The molecule has 0 saturated carbocycles. The lowest BCUT2D eigenvalue weighted by Gasteiger charge is -2.26. The molecular formula is C15H21N3OS. The molecule has 2 aromatic rings. The van der Waals surface area contributed by atoms with Gasteiger partial charge in [-0.1, -0.05) is 13.0 Å². The normalized spacial score (nSPS) is 16.6. The van der Waals surface area contributed by atoms with E-state index in [-0.39, 0.29) is 0 Å². The molecule has 1 saturated heterocycles. The molecule has 0 amide bonds. The number of nitrogens with zero attached hydrogens (tertiary/aromatic N) is 2. The van der Waals surface area contributed by atoms with Crippen molar-refractivity contribution in [3.63, 3.8) is 0 Å². The summed E-state index contributed by atoms with van der Waals surface area (Å²) < 4.78 is 7.19. The third kappa shape index (κ3) is 3.11. The monoisotopic (exact) mass is 291 g/mol. The second-order valence-corrected chi connectivity index (χ2v) is 6.12. The smallest absolute Gasteiger partial charge is 0.146 e. The van der Waals surface area contributed by atoms with E-state index in [1.54, 1.807) is 11.3 Å². The molecule has 3 rings (SSSR count). The Morgan fingerprint density at radius 3 is 3.00 bits per heavy atom. The number of hydrogen-bond donors (Lipinski definition) is 1. The van der Waals surface area contributed by atoms with Gasteiger partial charge in [0, 0.05) is 32.7 Å². The van der Waals surface area contributed by atoms with E-state index in [1.807, 2.05) is 6.07 Å². The maximum Gasteiger partial charge on any atom is 0.146 e. The molecule has 0 atom stereocenters. The van der Waals surface area contributed by atoms with Crippen molar-refractivity contribution in [1.29, 1.82) is 0 Å². The number of piperazine rings is 1. The Bertz CT molecular complexity index is 563. The van der Waals surface area contributed by atoms with Crippen LogP contribution in [0.1, 0.15) is 11.9 Å². The first kappa shape index (κ1) is 13.8. The van der Waals surface area contributed by atoms with Gasteiger partial charge < -0.3 is 10.1 Å². The van der Waals surface area contributed by atoms with E-state index in [0.717, 1.165) is 57.0 Å². The standard InChI is InChI=1S/C15H21N3OS/c1-2-14-17-15-12(4-3-5-13(15)20-14)19-11-10-18-8-6-16-7-9-18/h3-5,16H,2,6-11H2,1H3. The second kappa shape index (κ2) is 6.52. The average Bonchev–Trinajstić information content (AvgIpc) is 2.92. The number of ether oxygens (including phenoxy) is 1. The molecule has 0 unspecified atom stereocenters. The fraction of sp³-hybridized carbons (Fsp3) is 0.533. The molecule has 2 heterocycles. The largest absolute Gasteiger partial charge is 0.490 e. The van der Waals surface area contributed by atoms with E-state index in [2.05, 4.69) is 34.3 Å². The Labute approximate surface area is 123 Å². The van der Waals surface area contributed by atoms with Crippen LogP contribution in [0.25, 0.3) is 10.2 Å². The highest BCUT2D eigenvalue weighted by molar-refractivity contribution is 7.18. The molecule has 1 aromatic heterocycles. The van der Waals surface area contributed by atoms with Gasteiger partial charge in [0.15, 0.2) is 0 Å². The number of para-hydroxylation sites is 1. The van der Waals surface area contributed by atoms with Gasteiger partial charge in [0.1, 0.15) is 17.9 Å².